The van der Waals surface area contributed by atoms with Gasteiger partial charge in [0.1, 0.15) is 18.2 Å². The number of hydrogen-bond donors (Lipinski definition) is 1. The number of hydrogen-bond acceptors (Lipinski definition) is 4. The van der Waals surface area contributed by atoms with Crippen molar-refractivity contribution < 1.29 is 9.53 Å². The minimum Gasteiger partial charge on any atom is -0.492 e. The van der Waals surface area contributed by atoms with E-state index in [1.165, 1.54) is 0 Å². The summed E-state index contributed by atoms with van der Waals surface area (Å²) in [5.74, 6) is 2.42. The SMILES string of the molecule is O=C(NCc1nnc2n1CCC2)C1COc2ccc(Cl)cc2C1. The molecule has 0 spiro atoms. The minimum atomic E-state index is -0.207. The van der Waals surface area contributed by atoms with Crippen molar-refractivity contribution in [1.82, 2.24) is 20.1 Å². The summed E-state index contributed by atoms with van der Waals surface area (Å²) in [4.78, 5) is 12.4. The van der Waals surface area contributed by atoms with Crippen LogP contribution < -0.4 is 10.1 Å². The van der Waals surface area contributed by atoms with Crippen LogP contribution in [0.2, 0.25) is 5.02 Å². The third kappa shape index (κ3) is 2.79. The van der Waals surface area contributed by atoms with Crippen LogP contribution in [0.1, 0.15) is 23.6 Å². The van der Waals surface area contributed by atoms with E-state index >= 15 is 0 Å². The molecule has 0 fully saturated rings. The number of nitrogens with zero attached hydrogens (tertiary/aromatic N) is 3. The van der Waals surface area contributed by atoms with Crippen molar-refractivity contribution in [1.29, 1.82) is 0 Å². The molecular formula is C16H17ClN4O2. The van der Waals surface area contributed by atoms with Crippen molar-refractivity contribution in [3.8, 4) is 5.75 Å². The molecule has 0 bridgehead atoms. The van der Waals surface area contributed by atoms with E-state index in [4.69, 9.17) is 16.3 Å². The van der Waals surface area contributed by atoms with Crippen LogP contribution in [0.25, 0.3) is 0 Å². The number of rotatable bonds is 3. The Morgan fingerprint density at radius 3 is 3.26 bits per heavy atom. The largest absolute Gasteiger partial charge is 0.492 e. The zero-order chi connectivity index (χ0) is 15.8. The third-order valence-electron chi connectivity index (χ3n) is 4.41. The molecule has 1 N–H and O–H groups in total. The summed E-state index contributed by atoms with van der Waals surface area (Å²) in [5, 5.41) is 11.9. The maximum atomic E-state index is 12.4. The summed E-state index contributed by atoms with van der Waals surface area (Å²) < 4.78 is 7.76. The molecule has 2 aliphatic heterocycles. The summed E-state index contributed by atoms with van der Waals surface area (Å²) in [5.41, 5.74) is 0.979. The molecule has 23 heavy (non-hydrogen) atoms. The first-order valence-corrected chi connectivity index (χ1v) is 8.18. The number of ether oxygens (including phenoxy) is 1. The first-order chi connectivity index (χ1) is 11.2. The summed E-state index contributed by atoms with van der Waals surface area (Å²) >= 11 is 6.01. The molecule has 120 valence electrons. The van der Waals surface area contributed by atoms with Gasteiger partial charge < -0.3 is 14.6 Å². The van der Waals surface area contributed by atoms with Crippen molar-refractivity contribution in [2.24, 2.45) is 5.92 Å². The van der Waals surface area contributed by atoms with E-state index in [0.29, 0.717) is 24.6 Å². The monoisotopic (exact) mass is 332 g/mol. The summed E-state index contributed by atoms with van der Waals surface area (Å²) in [6.45, 7) is 1.73. The van der Waals surface area contributed by atoms with E-state index < -0.39 is 0 Å². The van der Waals surface area contributed by atoms with Gasteiger partial charge in [-0.25, -0.2) is 0 Å². The molecule has 1 atom stereocenters. The lowest BCUT2D eigenvalue weighted by molar-refractivity contribution is -0.126. The van der Waals surface area contributed by atoms with Gasteiger partial charge in [0.2, 0.25) is 5.91 Å². The van der Waals surface area contributed by atoms with Crippen LogP contribution in [-0.2, 0) is 30.7 Å². The Kier molecular flexibility index (Phi) is 3.69. The Morgan fingerprint density at radius 1 is 1.43 bits per heavy atom. The molecule has 1 aromatic carbocycles. The maximum absolute atomic E-state index is 12.4. The highest BCUT2D eigenvalue weighted by Gasteiger charge is 2.26. The fourth-order valence-electron chi connectivity index (χ4n) is 3.18. The van der Waals surface area contributed by atoms with Gasteiger partial charge in [-0.15, -0.1) is 10.2 Å². The van der Waals surface area contributed by atoms with Crippen molar-refractivity contribution in [3.05, 3.63) is 40.4 Å². The minimum absolute atomic E-state index is 0.0222. The van der Waals surface area contributed by atoms with Gasteiger partial charge in [0.15, 0.2) is 5.82 Å². The predicted octanol–water partition coefficient (Wildman–Crippen LogP) is 1.75. The van der Waals surface area contributed by atoms with Crippen molar-refractivity contribution in [2.45, 2.75) is 32.4 Å². The fraction of sp³-hybridized carbons (Fsp3) is 0.438. The molecule has 0 saturated carbocycles. The Bertz CT molecular complexity index is 759. The zero-order valence-corrected chi connectivity index (χ0v) is 13.3. The van der Waals surface area contributed by atoms with Crippen LogP contribution in [0, 0.1) is 5.92 Å². The Labute approximate surface area is 138 Å². The van der Waals surface area contributed by atoms with Crippen LogP contribution in [0.5, 0.6) is 5.75 Å². The highest BCUT2D eigenvalue weighted by Crippen LogP contribution is 2.29. The lowest BCUT2D eigenvalue weighted by atomic mass is 9.96. The average molecular weight is 333 g/mol. The van der Waals surface area contributed by atoms with Gasteiger partial charge in [-0.1, -0.05) is 11.6 Å². The van der Waals surface area contributed by atoms with Gasteiger partial charge in [0.25, 0.3) is 0 Å². The van der Waals surface area contributed by atoms with E-state index in [1.54, 1.807) is 6.07 Å². The summed E-state index contributed by atoms with van der Waals surface area (Å²) in [6.07, 6.45) is 2.70. The smallest absolute Gasteiger partial charge is 0.227 e. The van der Waals surface area contributed by atoms with E-state index in [1.807, 2.05) is 12.1 Å². The second-order valence-corrected chi connectivity index (χ2v) is 6.41. The van der Waals surface area contributed by atoms with Gasteiger partial charge >= 0.3 is 0 Å². The molecule has 1 aromatic heterocycles. The van der Waals surface area contributed by atoms with Gasteiger partial charge in [0, 0.05) is 18.0 Å². The first-order valence-electron chi connectivity index (χ1n) is 7.80. The number of carbonyl (C=O) groups is 1. The van der Waals surface area contributed by atoms with E-state index in [2.05, 4.69) is 20.1 Å². The van der Waals surface area contributed by atoms with E-state index in [0.717, 1.165) is 42.3 Å². The lowest BCUT2D eigenvalue weighted by Crippen LogP contribution is -2.37. The molecular weight excluding hydrogens is 316 g/mol. The third-order valence-corrected chi connectivity index (χ3v) is 4.64. The number of fused-ring (bicyclic) bond motifs is 2. The number of aromatic nitrogens is 3. The first kappa shape index (κ1) is 14.5. The average Bonchev–Trinajstić information content (AvgIpc) is 3.15. The second-order valence-electron chi connectivity index (χ2n) is 5.97. The molecule has 0 aliphatic carbocycles. The quantitative estimate of drug-likeness (QED) is 0.929. The Balaban J connectivity index is 1.40. The topological polar surface area (TPSA) is 69.0 Å². The number of aryl methyl sites for hydroxylation is 1. The van der Waals surface area contributed by atoms with Crippen LogP contribution in [0.3, 0.4) is 0 Å². The van der Waals surface area contributed by atoms with Gasteiger partial charge in [-0.05, 0) is 36.6 Å². The highest BCUT2D eigenvalue weighted by atomic mass is 35.5. The zero-order valence-electron chi connectivity index (χ0n) is 12.6. The Hall–Kier alpha value is -2.08. The summed E-state index contributed by atoms with van der Waals surface area (Å²) in [7, 11) is 0. The molecule has 0 saturated heterocycles. The standard InChI is InChI=1S/C16H17ClN4O2/c17-12-3-4-13-10(7-12)6-11(9-23-13)16(22)18-8-15-20-19-14-2-1-5-21(14)15/h3-4,7,11H,1-2,5-6,8-9H2,(H,18,22). The number of amides is 1. The van der Waals surface area contributed by atoms with E-state index in [9.17, 15) is 4.79 Å². The number of benzene rings is 1. The second kappa shape index (κ2) is 5.85. The van der Waals surface area contributed by atoms with E-state index in [-0.39, 0.29) is 11.8 Å². The van der Waals surface area contributed by atoms with Crippen molar-refractivity contribution in [3.63, 3.8) is 0 Å². The molecule has 0 radical (unpaired) electrons. The van der Waals surface area contributed by atoms with Crippen molar-refractivity contribution in [2.75, 3.05) is 6.61 Å². The van der Waals surface area contributed by atoms with Crippen molar-refractivity contribution >= 4 is 17.5 Å². The molecule has 4 rings (SSSR count). The van der Waals surface area contributed by atoms with Crippen LogP contribution in [-0.4, -0.2) is 27.3 Å². The van der Waals surface area contributed by atoms with Gasteiger partial charge in [-0.3, -0.25) is 4.79 Å². The van der Waals surface area contributed by atoms with Crippen LogP contribution in [0.4, 0.5) is 0 Å². The Morgan fingerprint density at radius 2 is 2.35 bits per heavy atom. The van der Waals surface area contributed by atoms with Crippen LogP contribution in [0.15, 0.2) is 18.2 Å². The molecule has 6 nitrogen and oxygen atoms in total. The molecule has 1 amide bonds. The molecule has 7 heteroatoms. The lowest BCUT2D eigenvalue weighted by Gasteiger charge is -2.24. The summed E-state index contributed by atoms with van der Waals surface area (Å²) in [6, 6.07) is 5.51. The fourth-order valence-corrected chi connectivity index (χ4v) is 3.38. The molecule has 3 heterocycles. The predicted molar refractivity (Wildman–Crippen MR) is 84.3 cm³/mol. The van der Waals surface area contributed by atoms with Gasteiger partial charge in [-0.2, -0.15) is 0 Å². The van der Waals surface area contributed by atoms with Crippen LogP contribution >= 0.6 is 11.6 Å². The number of nitrogens with one attached hydrogen (secondary N) is 1. The number of carbonyl (C=O) groups excluding carboxylic acids is 1. The van der Waals surface area contributed by atoms with Gasteiger partial charge in [0.05, 0.1) is 12.5 Å². The maximum Gasteiger partial charge on any atom is 0.227 e. The molecule has 1 unspecified atom stereocenters. The highest BCUT2D eigenvalue weighted by molar-refractivity contribution is 6.30. The normalized spacial score (nSPS) is 18.9. The number of halogens is 1. The molecule has 2 aromatic rings. The molecule has 2 aliphatic rings.